The Kier molecular flexibility index (Phi) is 3.77. The molecule has 1 aromatic heterocycles. The molecule has 0 bridgehead atoms. The second-order valence-electron chi connectivity index (χ2n) is 4.98. The zero-order valence-corrected chi connectivity index (χ0v) is 11.8. The van der Waals surface area contributed by atoms with Crippen LogP contribution in [-0.4, -0.2) is 32.9 Å². The minimum absolute atomic E-state index is 0.0806. The Hall–Kier alpha value is -1.76. The molecule has 1 fully saturated rings. The van der Waals surface area contributed by atoms with Crippen molar-refractivity contribution in [3.63, 3.8) is 0 Å². The lowest BCUT2D eigenvalue weighted by Gasteiger charge is -2.21. The molecule has 3 rings (SSSR count). The Morgan fingerprint density at radius 2 is 2.25 bits per heavy atom. The number of rotatable bonds is 4. The summed E-state index contributed by atoms with van der Waals surface area (Å²) in [5, 5.41) is 14.0. The average Bonchev–Trinajstić information content (AvgIpc) is 2.88. The predicted molar refractivity (Wildman–Crippen MR) is 81.3 cm³/mol. The topological polar surface area (TPSA) is 83.8 Å². The van der Waals surface area contributed by atoms with E-state index in [-0.39, 0.29) is 5.69 Å². The molecule has 106 valence electrons. The first kappa shape index (κ1) is 13.2. The third kappa shape index (κ3) is 2.87. The van der Waals surface area contributed by atoms with E-state index in [1.807, 2.05) is 11.8 Å². The van der Waals surface area contributed by atoms with Crippen molar-refractivity contribution in [3.05, 3.63) is 28.3 Å². The van der Waals surface area contributed by atoms with E-state index >= 15 is 0 Å². The van der Waals surface area contributed by atoms with Gasteiger partial charge in [0.05, 0.1) is 16.0 Å². The van der Waals surface area contributed by atoms with E-state index in [0.717, 1.165) is 12.1 Å². The smallest absolute Gasteiger partial charge is 0.271 e. The van der Waals surface area contributed by atoms with E-state index in [0.29, 0.717) is 17.4 Å². The number of aromatic amines is 1. The molecule has 0 aliphatic carbocycles. The summed E-state index contributed by atoms with van der Waals surface area (Å²) >= 11 is 2.01. The van der Waals surface area contributed by atoms with Gasteiger partial charge in [-0.25, -0.2) is 4.98 Å². The number of aromatic nitrogens is 2. The summed E-state index contributed by atoms with van der Waals surface area (Å²) in [7, 11) is 0. The first-order valence-electron chi connectivity index (χ1n) is 6.68. The van der Waals surface area contributed by atoms with Crippen LogP contribution in [0.1, 0.15) is 12.8 Å². The van der Waals surface area contributed by atoms with E-state index in [4.69, 9.17) is 0 Å². The molecule has 2 heterocycles. The van der Waals surface area contributed by atoms with Crippen LogP contribution in [0.15, 0.2) is 18.2 Å². The molecule has 0 saturated carbocycles. The molecule has 1 aliphatic heterocycles. The molecule has 20 heavy (non-hydrogen) atoms. The normalized spacial score (nSPS) is 16.4. The van der Waals surface area contributed by atoms with Gasteiger partial charge in [0.1, 0.15) is 0 Å². The minimum atomic E-state index is -0.396. The Bertz CT molecular complexity index is 622. The van der Waals surface area contributed by atoms with Gasteiger partial charge in [0.2, 0.25) is 5.95 Å². The minimum Gasteiger partial charge on any atom is -0.356 e. The van der Waals surface area contributed by atoms with Crippen molar-refractivity contribution in [2.75, 3.05) is 23.4 Å². The summed E-state index contributed by atoms with van der Waals surface area (Å²) in [6, 6.07) is 4.67. The number of thioether (sulfide) groups is 1. The van der Waals surface area contributed by atoms with E-state index < -0.39 is 4.92 Å². The zero-order valence-electron chi connectivity index (χ0n) is 11.0. The van der Waals surface area contributed by atoms with Gasteiger partial charge in [-0.2, -0.15) is 11.8 Å². The lowest BCUT2D eigenvalue weighted by Crippen LogP contribution is -2.19. The Balaban J connectivity index is 1.70. The monoisotopic (exact) mass is 292 g/mol. The molecule has 1 aliphatic rings. The number of anilines is 1. The summed E-state index contributed by atoms with van der Waals surface area (Å²) in [6.07, 6.45) is 2.48. The van der Waals surface area contributed by atoms with Crippen molar-refractivity contribution >= 4 is 34.4 Å². The van der Waals surface area contributed by atoms with Crippen molar-refractivity contribution in [1.29, 1.82) is 0 Å². The van der Waals surface area contributed by atoms with Gasteiger partial charge in [-0.1, -0.05) is 0 Å². The highest BCUT2D eigenvalue weighted by Crippen LogP contribution is 2.24. The molecule has 1 aromatic carbocycles. The van der Waals surface area contributed by atoms with Gasteiger partial charge < -0.3 is 10.3 Å². The van der Waals surface area contributed by atoms with Crippen molar-refractivity contribution in [2.45, 2.75) is 12.8 Å². The number of benzene rings is 1. The molecule has 6 nitrogen and oxygen atoms in total. The van der Waals surface area contributed by atoms with Crippen LogP contribution in [0.5, 0.6) is 0 Å². The SMILES string of the molecule is O=[N+]([O-])c1ccc2nc(NCC3CCSCC3)[nH]c2c1. The van der Waals surface area contributed by atoms with E-state index in [2.05, 4.69) is 15.3 Å². The number of nitro benzene ring substituents is 1. The Morgan fingerprint density at radius 3 is 3.00 bits per heavy atom. The number of H-pyrrole nitrogens is 1. The summed E-state index contributed by atoms with van der Waals surface area (Å²) in [6.45, 7) is 0.905. The van der Waals surface area contributed by atoms with Crippen LogP contribution >= 0.6 is 11.8 Å². The summed E-state index contributed by atoms with van der Waals surface area (Å²) in [5.74, 6) is 3.86. The lowest BCUT2D eigenvalue weighted by atomic mass is 10.0. The molecule has 1 saturated heterocycles. The van der Waals surface area contributed by atoms with Gasteiger partial charge >= 0.3 is 0 Å². The number of imidazole rings is 1. The summed E-state index contributed by atoms with van der Waals surface area (Å²) < 4.78 is 0. The van der Waals surface area contributed by atoms with Crippen LogP contribution in [0.2, 0.25) is 0 Å². The quantitative estimate of drug-likeness (QED) is 0.668. The lowest BCUT2D eigenvalue weighted by molar-refractivity contribution is -0.384. The standard InChI is InChI=1S/C13H16N4O2S/c18-17(19)10-1-2-11-12(7-10)16-13(15-11)14-8-9-3-5-20-6-4-9/h1-2,7,9H,3-6,8H2,(H2,14,15,16). The molecular formula is C13H16N4O2S. The van der Waals surface area contributed by atoms with Crippen molar-refractivity contribution in [3.8, 4) is 0 Å². The highest BCUT2D eigenvalue weighted by molar-refractivity contribution is 7.99. The van der Waals surface area contributed by atoms with Crippen molar-refractivity contribution in [1.82, 2.24) is 9.97 Å². The molecule has 0 spiro atoms. The van der Waals surface area contributed by atoms with Crippen molar-refractivity contribution < 1.29 is 4.92 Å². The van der Waals surface area contributed by atoms with Gasteiger partial charge in [0.15, 0.2) is 0 Å². The predicted octanol–water partition coefficient (Wildman–Crippen LogP) is 3.03. The maximum absolute atomic E-state index is 10.7. The Labute approximate surface area is 120 Å². The fourth-order valence-corrected chi connectivity index (χ4v) is 3.59. The van der Waals surface area contributed by atoms with Crippen LogP contribution in [0, 0.1) is 16.0 Å². The van der Waals surface area contributed by atoms with Crippen LogP contribution in [0.25, 0.3) is 11.0 Å². The fraction of sp³-hybridized carbons (Fsp3) is 0.462. The molecule has 2 aromatic rings. The molecule has 0 amide bonds. The number of fused-ring (bicyclic) bond motifs is 1. The number of nitro groups is 1. The second-order valence-corrected chi connectivity index (χ2v) is 6.21. The maximum Gasteiger partial charge on any atom is 0.271 e. The average molecular weight is 292 g/mol. The summed E-state index contributed by atoms with van der Waals surface area (Å²) in [4.78, 5) is 17.8. The van der Waals surface area contributed by atoms with Gasteiger partial charge in [0, 0.05) is 18.7 Å². The van der Waals surface area contributed by atoms with E-state index in [1.165, 1.54) is 36.5 Å². The highest BCUT2D eigenvalue weighted by Gasteiger charge is 2.14. The molecular weight excluding hydrogens is 276 g/mol. The first-order chi connectivity index (χ1) is 9.72. The molecule has 0 atom stereocenters. The fourth-order valence-electron chi connectivity index (χ4n) is 2.39. The first-order valence-corrected chi connectivity index (χ1v) is 7.83. The molecule has 2 N–H and O–H groups in total. The number of hydrogen-bond acceptors (Lipinski definition) is 5. The highest BCUT2D eigenvalue weighted by atomic mass is 32.2. The van der Waals surface area contributed by atoms with Crippen LogP contribution < -0.4 is 5.32 Å². The third-order valence-electron chi connectivity index (χ3n) is 3.58. The molecule has 0 unspecified atom stereocenters. The number of nitrogens with zero attached hydrogens (tertiary/aromatic N) is 2. The van der Waals surface area contributed by atoms with Crippen LogP contribution in [0.4, 0.5) is 11.6 Å². The summed E-state index contributed by atoms with van der Waals surface area (Å²) in [5.41, 5.74) is 1.52. The molecule has 7 heteroatoms. The van der Waals surface area contributed by atoms with Gasteiger partial charge in [0.25, 0.3) is 5.69 Å². The second kappa shape index (κ2) is 5.70. The number of hydrogen-bond donors (Lipinski definition) is 2. The van der Waals surface area contributed by atoms with Crippen LogP contribution in [0.3, 0.4) is 0 Å². The van der Waals surface area contributed by atoms with Gasteiger partial charge in [-0.05, 0) is 36.3 Å². The maximum atomic E-state index is 10.7. The van der Waals surface area contributed by atoms with Crippen LogP contribution in [-0.2, 0) is 0 Å². The van der Waals surface area contributed by atoms with E-state index in [9.17, 15) is 10.1 Å². The number of non-ortho nitro benzene ring substituents is 1. The molecule has 0 radical (unpaired) electrons. The van der Waals surface area contributed by atoms with Gasteiger partial charge in [-0.15, -0.1) is 0 Å². The number of nitrogens with one attached hydrogen (secondary N) is 2. The zero-order chi connectivity index (χ0) is 13.9. The largest absolute Gasteiger partial charge is 0.356 e. The Morgan fingerprint density at radius 1 is 1.45 bits per heavy atom. The van der Waals surface area contributed by atoms with E-state index in [1.54, 1.807) is 6.07 Å². The third-order valence-corrected chi connectivity index (χ3v) is 4.62. The van der Waals surface area contributed by atoms with Gasteiger partial charge in [-0.3, -0.25) is 10.1 Å². The van der Waals surface area contributed by atoms with Crippen molar-refractivity contribution in [2.24, 2.45) is 5.92 Å².